The lowest BCUT2D eigenvalue weighted by Crippen LogP contribution is -2.30. The van der Waals surface area contributed by atoms with Crippen LogP contribution in [0, 0.1) is 11.7 Å². The second-order valence-corrected chi connectivity index (χ2v) is 7.85. The van der Waals surface area contributed by atoms with Crippen LogP contribution < -0.4 is 9.86 Å². The molecule has 0 aliphatic heterocycles. The van der Waals surface area contributed by atoms with Gasteiger partial charge in [0.2, 0.25) is 20.0 Å². The average Bonchev–Trinajstić information content (AvgIpc) is 2.35. The number of ether oxygens (including phenoxy) is 1. The lowest BCUT2D eigenvalue weighted by Gasteiger charge is -2.12. The van der Waals surface area contributed by atoms with Crippen LogP contribution >= 0.6 is 0 Å². The molecule has 0 fully saturated rings. The van der Waals surface area contributed by atoms with E-state index in [9.17, 15) is 21.2 Å². The molecule has 0 bridgehead atoms. The van der Waals surface area contributed by atoms with Crippen LogP contribution in [0.15, 0.2) is 28.0 Å². The standard InChI is InChI=1S/C11H17FN2O5S2/c1-8(7-19-2)6-14-21(17,18)11-4-3-9(5-10(11)12)20(13,15)16/h3-5,8,14H,6-7H2,1-2H3,(H2,13,15,16). The maximum Gasteiger partial charge on any atom is 0.243 e. The van der Waals surface area contributed by atoms with Crippen LogP contribution in [-0.2, 0) is 24.8 Å². The molecule has 1 atom stereocenters. The number of nitrogens with two attached hydrogens (primary N) is 1. The van der Waals surface area contributed by atoms with Gasteiger partial charge in [0.25, 0.3) is 0 Å². The number of methoxy groups -OCH3 is 1. The molecule has 10 heteroatoms. The van der Waals surface area contributed by atoms with Crippen molar-refractivity contribution in [1.82, 2.24) is 4.72 Å². The molecule has 0 aliphatic rings. The summed E-state index contributed by atoms with van der Waals surface area (Å²) in [6.07, 6.45) is 0. The molecular weight excluding hydrogens is 323 g/mol. The zero-order valence-corrected chi connectivity index (χ0v) is 13.2. The van der Waals surface area contributed by atoms with Gasteiger partial charge in [-0.15, -0.1) is 0 Å². The van der Waals surface area contributed by atoms with Gasteiger partial charge in [0.05, 0.1) is 4.90 Å². The third-order valence-corrected chi connectivity index (χ3v) is 4.96. The minimum atomic E-state index is -4.09. The molecule has 0 heterocycles. The molecule has 7 nitrogen and oxygen atoms in total. The van der Waals surface area contributed by atoms with Gasteiger partial charge in [0.1, 0.15) is 10.7 Å². The highest BCUT2D eigenvalue weighted by molar-refractivity contribution is 7.89. The van der Waals surface area contributed by atoms with E-state index in [2.05, 4.69) is 4.72 Å². The van der Waals surface area contributed by atoms with E-state index in [4.69, 9.17) is 9.88 Å². The van der Waals surface area contributed by atoms with E-state index in [1.165, 1.54) is 7.11 Å². The van der Waals surface area contributed by atoms with Crippen molar-refractivity contribution in [2.75, 3.05) is 20.3 Å². The van der Waals surface area contributed by atoms with Gasteiger partial charge in [0.15, 0.2) is 0 Å². The number of halogens is 1. The summed E-state index contributed by atoms with van der Waals surface area (Å²) in [6, 6.07) is 2.37. The molecule has 1 unspecified atom stereocenters. The highest BCUT2D eigenvalue weighted by Crippen LogP contribution is 2.18. The van der Waals surface area contributed by atoms with E-state index in [1.807, 2.05) is 0 Å². The minimum absolute atomic E-state index is 0.0621. The number of sulfonamides is 2. The molecule has 0 radical (unpaired) electrons. The Morgan fingerprint density at radius 1 is 1.33 bits per heavy atom. The lowest BCUT2D eigenvalue weighted by atomic mass is 10.2. The quantitative estimate of drug-likeness (QED) is 0.727. The zero-order chi connectivity index (χ0) is 16.3. The van der Waals surface area contributed by atoms with E-state index in [-0.39, 0.29) is 12.5 Å². The Balaban J connectivity index is 2.99. The Bertz CT molecular complexity index is 703. The minimum Gasteiger partial charge on any atom is -0.384 e. The molecule has 1 aromatic rings. The lowest BCUT2D eigenvalue weighted by molar-refractivity contribution is 0.161. The molecule has 3 N–H and O–H groups in total. The zero-order valence-electron chi connectivity index (χ0n) is 11.5. The molecule has 0 aromatic heterocycles. The van der Waals surface area contributed by atoms with Crippen LogP contribution in [0.5, 0.6) is 0 Å². The van der Waals surface area contributed by atoms with Crippen molar-refractivity contribution in [3.05, 3.63) is 24.0 Å². The van der Waals surface area contributed by atoms with E-state index in [0.717, 1.165) is 12.1 Å². The summed E-state index contributed by atoms with van der Waals surface area (Å²) in [5.74, 6) is -1.29. The first-order valence-electron chi connectivity index (χ1n) is 5.89. The van der Waals surface area contributed by atoms with Gasteiger partial charge in [-0.1, -0.05) is 6.92 Å². The first-order valence-corrected chi connectivity index (χ1v) is 8.92. The molecule has 0 aliphatic carbocycles. The summed E-state index contributed by atoms with van der Waals surface area (Å²) >= 11 is 0. The number of benzene rings is 1. The fourth-order valence-corrected chi connectivity index (χ4v) is 3.30. The Hall–Kier alpha value is -1.07. The van der Waals surface area contributed by atoms with E-state index in [1.54, 1.807) is 6.92 Å². The van der Waals surface area contributed by atoms with E-state index >= 15 is 0 Å². The summed E-state index contributed by atoms with van der Waals surface area (Å²) < 4.78 is 66.9. The Morgan fingerprint density at radius 3 is 2.43 bits per heavy atom. The molecule has 120 valence electrons. The Kier molecular flexibility index (Phi) is 5.82. The van der Waals surface area contributed by atoms with Crippen molar-refractivity contribution < 1.29 is 26.0 Å². The van der Waals surface area contributed by atoms with Crippen molar-refractivity contribution in [2.24, 2.45) is 11.1 Å². The summed E-state index contributed by atoms with van der Waals surface area (Å²) in [7, 11) is -6.69. The van der Waals surface area contributed by atoms with E-state index < -0.39 is 35.7 Å². The monoisotopic (exact) mass is 340 g/mol. The van der Waals surface area contributed by atoms with Crippen molar-refractivity contribution >= 4 is 20.0 Å². The number of nitrogens with one attached hydrogen (secondary N) is 1. The van der Waals surface area contributed by atoms with Crippen LogP contribution in [0.25, 0.3) is 0 Å². The van der Waals surface area contributed by atoms with Crippen LogP contribution in [0.2, 0.25) is 0 Å². The summed E-state index contributed by atoms with van der Waals surface area (Å²) in [5, 5.41) is 4.84. The Labute approximate surface area is 123 Å². The fourth-order valence-electron chi connectivity index (χ4n) is 1.55. The van der Waals surface area contributed by atoms with Gasteiger partial charge in [0, 0.05) is 20.3 Å². The molecule has 0 saturated heterocycles. The largest absolute Gasteiger partial charge is 0.384 e. The second kappa shape index (κ2) is 6.79. The molecular formula is C11H17FN2O5S2. The normalized spacial score (nSPS) is 14.1. The maximum absolute atomic E-state index is 13.8. The van der Waals surface area contributed by atoms with Crippen molar-refractivity contribution in [2.45, 2.75) is 16.7 Å². The predicted molar refractivity (Wildman–Crippen MR) is 74.0 cm³/mol. The van der Waals surface area contributed by atoms with Crippen LogP contribution in [0.1, 0.15) is 6.92 Å². The van der Waals surface area contributed by atoms with Gasteiger partial charge >= 0.3 is 0 Å². The number of primary sulfonamides is 1. The molecule has 1 aromatic carbocycles. The second-order valence-electron chi connectivity index (χ2n) is 4.55. The van der Waals surface area contributed by atoms with Gasteiger partial charge < -0.3 is 4.74 Å². The topological polar surface area (TPSA) is 116 Å². The molecule has 21 heavy (non-hydrogen) atoms. The van der Waals surface area contributed by atoms with Gasteiger partial charge in [-0.05, 0) is 24.1 Å². The third-order valence-electron chi connectivity index (χ3n) is 2.59. The highest BCUT2D eigenvalue weighted by atomic mass is 32.2. The predicted octanol–water partition coefficient (Wildman–Crippen LogP) is 0.0339. The van der Waals surface area contributed by atoms with Gasteiger partial charge in [-0.3, -0.25) is 0 Å². The fraction of sp³-hybridized carbons (Fsp3) is 0.455. The van der Waals surface area contributed by atoms with Crippen LogP contribution in [-0.4, -0.2) is 37.1 Å². The van der Waals surface area contributed by atoms with Crippen LogP contribution in [0.3, 0.4) is 0 Å². The first-order chi connectivity index (χ1) is 9.58. The van der Waals surface area contributed by atoms with Crippen LogP contribution in [0.4, 0.5) is 4.39 Å². The number of hydrogen-bond donors (Lipinski definition) is 2. The third kappa shape index (κ3) is 5.00. The number of hydrogen-bond acceptors (Lipinski definition) is 5. The van der Waals surface area contributed by atoms with Crippen molar-refractivity contribution in [3.8, 4) is 0 Å². The summed E-state index contributed by atoms with van der Waals surface area (Å²) in [4.78, 5) is -1.13. The van der Waals surface area contributed by atoms with Gasteiger partial charge in [-0.2, -0.15) is 0 Å². The molecule has 0 amide bonds. The highest BCUT2D eigenvalue weighted by Gasteiger charge is 2.21. The maximum atomic E-state index is 13.8. The summed E-state index contributed by atoms with van der Waals surface area (Å²) in [5.41, 5.74) is 0. The first kappa shape index (κ1) is 18.0. The summed E-state index contributed by atoms with van der Waals surface area (Å²) in [6.45, 7) is 2.16. The molecule has 0 saturated carbocycles. The molecule has 1 rings (SSSR count). The molecule has 0 spiro atoms. The average molecular weight is 340 g/mol. The Morgan fingerprint density at radius 2 is 1.95 bits per heavy atom. The number of rotatable bonds is 7. The SMILES string of the molecule is COCC(C)CNS(=O)(=O)c1ccc(S(N)(=O)=O)cc1F. The van der Waals surface area contributed by atoms with Crippen molar-refractivity contribution in [3.63, 3.8) is 0 Å². The smallest absolute Gasteiger partial charge is 0.243 e. The van der Waals surface area contributed by atoms with Crippen molar-refractivity contribution in [1.29, 1.82) is 0 Å². The van der Waals surface area contributed by atoms with Gasteiger partial charge in [-0.25, -0.2) is 31.1 Å². The van der Waals surface area contributed by atoms with E-state index in [0.29, 0.717) is 12.7 Å².